The lowest BCUT2D eigenvalue weighted by Crippen LogP contribution is -2.10. The van der Waals surface area contributed by atoms with Crippen LogP contribution in [0, 0.1) is 0 Å². The van der Waals surface area contributed by atoms with Crippen molar-refractivity contribution in [2.45, 2.75) is 0 Å². The molecular formula is C11H13N3O. The van der Waals surface area contributed by atoms with Crippen LogP contribution in [0.5, 0.6) is 5.75 Å². The van der Waals surface area contributed by atoms with Crippen molar-refractivity contribution >= 4 is 0 Å². The van der Waals surface area contributed by atoms with Gasteiger partial charge in [0.05, 0.1) is 6.20 Å². The van der Waals surface area contributed by atoms with Crippen LogP contribution in [0.4, 0.5) is 0 Å². The summed E-state index contributed by atoms with van der Waals surface area (Å²) in [5.41, 5.74) is 7.33. The summed E-state index contributed by atoms with van der Waals surface area (Å²) in [6.07, 6.45) is 1.66. The number of aromatic amines is 1. The number of ether oxygens (including phenoxy) is 1. The Hall–Kier alpha value is -1.81. The molecule has 2 aromatic rings. The molecule has 78 valence electrons. The minimum Gasteiger partial charge on any atom is -0.488 e. The zero-order valence-electron chi connectivity index (χ0n) is 8.31. The molecule has 0 saturated heterocycles. The summed E-state index contributed by atoms with van der Waals surface area (Å²) in [6, 6.07) is 9.93. The number of aromatic nitrogens is 2. The molecule has 4 heteroatoms. The topological polar surface area (TPSA) is 63.9 Å². The van der Waals surface area contributed by atoms with Crippen molar-refractivity contribution in [1.29, 1.82) is 0 Å². The molecule has 4 nitrogen and oxygen atoms in total. The maximum atomic E-state index is 5.46. The highest BCUT2D eigenvalue weighted by molar-refractivity contribution is 5.65. The third-order valence-electron chi connectivity index (χ3n) is 2.04. The molecule has 0 aliphatic heterocycles. The van der Waals surface area contributed by atoms with Gasteiger partial charge in [-0.25, -0.2) is 0 Å². The van der Waals surface area contributed by atoms with Crippen molar-refractivity contribution in [1.82, 2.24) is 10.2 Å². The fourth-order valence-electron chi connectivity index (χ4n) is 1.37. The van der Waals surface area contributed by atoms with E-state index in [1.165, 1.54) is 0 Å². The average molecular weight is 203 g/mol. The van der Waals surface area contributed by atoms with Crippen LogP contribution in [-0.2, 0) is 0 Å². The summed E-state index contributed by atoms with van der Waals surface area (Å²) in [7, 11) is 0. The lowest BCUT2D eigenvalue weighted by Gasteiger charge is -2.04. The van der Waals surface area contributed by atoms with Crippen LogP contribution < -0.4 is 10.5 Å². The lowest BCUT2D eigenvalue weighted by atomic mass is 10.1. The molecule has 2 rings (SSSR count). The van der Waals surface area contributed by atoms with Crippen LogP contribution in [-0.4, -0.2) is 23.3 Å². The minimum absolute atomic E-state index is 0.499. The lowest BCUT2D eigenvalue weighted by molar-refractivity contribution is 0.330. The number of nitrogens with two attached hydrogens (primary N) is 1. The van der Waals surface area contributed by atoms with E-state index in [1.807, 2.05) is 30.3 Å². The second-order valence-corrected chi connectivity index (χ2v) is 3.11. The van der Waals surface area contributed by atoms with Crippen LogP contribution in [0.15, 0.2) is 36.5 Å². The SMILES string of the molecule is NCCOc1cn[nH]c1-c1ccccc1. The van der Waals surface area contributed by atoms with Crippen LogP contribution in [0.25, 0.3) is 11.3 Å². The first-order valence-corrected chi connectivity index (χ1v) is 4.83. The first kappa shape index (κ1) is 9.73. The highest BCUT2D eigenvalue weighted by atomic mass is 16.5. The molecule has 3 N–H and O–H groups in total. The van der Waals surface area contributed by atoms with E-state index in [1.54, 1.807) is 6.20 Å². The van der Waals surface area contributed by atoms with Crippen LogP contribution in [0.2, 0.25) is 0 Å². The maximum Gasteiger partial charge on any atom is 0.164 e. The van der Waals surface area contributed by atoms with Crippen molar-refractivity contribution in [3.63, 3.8) is 0 Å². The summed E-state index contributed by atoms with van der Waals surface area (Å²) in [6.45, 7) is 0.999. The standard InChI is InChI=1S/C11H13N3O/c12-6-7-15-10-8-13-14-11(10)9-4-2-1-3-5-9/h1-5,8H,6-7,12H2,(H,13,14). The molecule has 0 unspecified atom stereocenters. The Bertz CT molecular complexity index is 411. The van der Waals surface area contributed by atoms with Crippen molar-refractivity contribution in [2.24, 2.45) is 5.73 Å². The summed E-state index contributed by atoms with van der Waals surface area (Å²) < 4.78 is 5.46. The Labute approximate surface area is 88.1 Å². The van der Waals surface area contributed by atoms with E-state index in [0.29, 0.717) is 13.2 Å². The van der Waals surface area contributed by atoms with E-state index in [0.717, 1.165) is 17.0 Å². The number of hydrogen-bond acceptors (Lipinski definition) is 3. The second kappa shape index (κ2) is 4.61. The molecule has 0 spiro atoms. The van der Waals surface area contributed by atoms with Gasteiger partial charge in [-0.2, -0.15) is 5.10 Å². The third-order valence-corrected chi connectivity index (χ3v) is 2.04. The monoisotopic (exact) mass is 203 g/mol. The van der Waals surface area contributed by atoms with Crippen molar-refractivity contribution < 1.29 is 4.74 Å². The molecule has 1 aromatic heterocycles. The van der Waals surface area contributed by atoms with E-state index in [9.17, 15) is 0 Å². The molecular weight excluding hydrogens is 190 g/mol. The molecule has 0 amide bonds. The van der Waals surface area contributed by atoms with Gasteiger partial charge in [0, 0.05) is 12.1 Å². The van der Waals surface area contributed by atoms with Gasteiger partial charge in [0.1, 0.15) is 12.3 Å². The van der Waals surface area contributed by atoms with Crippen molar-refractivity contribution in [3.05, 3.63) is 36.5 Å². The van der Waals surface area contributed by atoms with Crippen LogP contribution in [0.3, 0.4) is 0 Å². The van der Waals surface area contributed by atoms with E-state index in [-0.39, 0.29) is 0 Å². The number of rotatable bonds is 4. The quantitative estimate of drug-likeness (QED) is 0.789. The summed E-state index contributed by atoms with van der Waals surface area (Å²) >= 11 is 0. The smallest absolute Gasteiger partial charge is 0.164 e. The number of nitrogens with one attached hydrogen (secondary N) is 1. The van der Waals surface area contributed by atoms with E-state index >= 15 is 0 Å². The highest BCUT2D eigenvalue weighted by Gasteiger charge is 2.07. The summed E-state index contributed by atoms with van der Waals surface area (Å²) in [4.78, 5) is 0. The number of nitrogens with zero attached hydrogens (tertiary/aromatic N) is 1. The molecule has 0 aliphatic rings. The summed E-state index contributed by atoms with van der Waals surface area (Å²) in [5, 5.41) is 6.88. The van der Waals surface area contributed by atoms with Crippen LogP contribution >= 0.6 is 0 Å². The molecule has 1 heterocycles. The van der Waals surface area contributed by atoms with Gasteiger partial charge in [0.2, 0.25) is 0 Å². The highest BCUT2D eigenvalue weighted by Crippen LogP contribution is 2.26. The third kappa shape index (κ3) is 2.16. The van der Waals surface area contributed by atoms with Gasteiger partial charge in [-0.1, -0.05) is 30.3 Å². The molecule has 0 fully saturated rings. The molecule has 0 saturated carbocycles. The first-order valence-electron chi connectivity index (χ1n) is 4.83. The second-order valence-electron chi connectivity index (χ2n) is 3.11. The van der Waals surface area contributed by atoms with Gasteiger partial charge < -0.3 is 10.5 Å². The number of benzene rings is 1. The van der Waals surface area contributed by atoms with Gasteiger partial charge in [0.25, 0.3) is 0 Å². The average Bonchev–Trinajstić information content (AvgIpc) is 2.75. The Morgan fingerprint density at radius 2 is 2.07 bits per heavy atom. The van der Waals surface area contributed by atoms with Gasteiger partial charge in [-0.15, -0.1) is 0 Å². The van der Waals surface area contributed by atoms with Gasteiger partial charge in [-0.3, -0.25) is 5.10 Å². The largest absolute Gasteiger partial charge is 0.488 e. The maximum absolute atomic E-state index is 5.46. The normalized spacial score (nSPS) is 10.2. The molecule has 0 aliphatic carbocycles. The number of hydrogen-bond donors (Lipinski definition) is 2. The fraction of sp³-hybridized carbons (Fsp3) is 0.182. The Morgan fingerprint density at radius 1 is 1.27 bits per heavy atom. The summed E-state index contributed by atoms with van der Waals surface area (Å²) in [5.74, 6) is 0.742. The van der Waals surface area contributed by atoms with Gasteiger partial charge in [0.15, 0.2) is 5.75 Å². The van der Waals surface area contributed by atoms with E-state index in [4.69, 9.17) is 10.5 Å². The van der Waals surface area contributed by atoms with E-state index in [2.05, 4.69) is 10.2 Å². The van der Waals surface area contributed by atoms with Crippen LogP contribution in [0.1, 0.15) is 0 Å². The zero-order valence-corrected chi connectivity index (χ0v) is 8.31. The van der Waals surface area contributed by atoms with Gasteiger partial charge >= 0.3 is 0 Å². The molecule has 15 heavy (non-hydrogen) atoms. The molecule has 1 aromatic carbocycles. The van der Waals surface area contributed by atoms with Crippen molar-refractivity contribution in [3.8, 4) is 17.0 Å². The van der Waals surface area contributed by atoms with E-state index < -0.39 is 0 Å². The first-order chi connectivity index (χ1) is 7.42. The Balaban J connectivity index is 2.25. The minimum atomic E-state index is 0.499. The Kier molecular flexibility index (Phi) is 2.99. The fourth-order valence-corrected chi connectivity index (χ4v) is 1.37. The van der Waals surface area contributed by atoms with Crippen molar-refractivity contribution in [2.75, 3.05) is 13.2 Å². The Morgan fingerprint density at radius 3 is 2.80 bits per heavy atom. The van der Waals surface area contributed by atoms with Gasteiger partial charge in [-0.05, 0) is 0 Å². The predicted octanol–water partition coefficient (Wildman–Crippen LogP) is 1.41. The number of H-pyrrole nitrogens is 1. The molecule has 0 atom stereocenters. The predicted molar refractivity (Wildman–Crippen MR) is 58.6 cm³/mol. The zero-order chi connectivity index (χ0) is 10.5. The molecule has 0 bridgehead atoms. The molecule has 0 radical (unpaired) electrons.